The summed E-state index contributed by atoms with van der Waals surface area (Å²) in [6.07, 6.45) is 34.5. The number of ether oxygens (including phenoxy) is 5. The average molecular weight is 911 g/mol. The molecule has 0 aromatic heterocycles. The van der Waals surface area contributed by atoms with Crippen molar-refractivity contribution < 1.29 is 33.3 Å². The fourth-order valence-corrected chi connectivity index (χ4v) is 7.58. The van der Waals surface area contributed by atoms with Crippen LogP contribution in [-0.2, 0) is 0 Å². The lowest BCUT2D eigenvalue weighted by Gasteiger charge is -2.18. The fourth-order valence-electron chi connectivity index (χ4n) is 7.58. The minimum Gasteiger partial charge on any atom is -0.496 e. The van der Waals surface area contributed by atoms with Gasteiger partial charge in [-0.15, -0.1) is 0 Å². The summed E-state index contributed by atoms with van der Waals surface area (Å²) in [6.45, 7) is 11.3. The van der Waals surface area contributed by atoms with Gasteiger partial charge in [0.15, 0.2) is 23.1 Å². The quantitative estimate of drug-likeness (QED) is 0.0327. The third kappa shape index (κ3) is 23.5. The van der Waals surface area contributed by atoms with Gasteiger partial charge in [-0.2, -0.15) is 0 Å². The minimum atomic E-state index is -0.223. The van der Waals surface area contributed by atoms with Crippen LogP contribution in [0.25, 0.3) is 0 Å². The summed E-state index contributed by atoms with van der Waals surface area (Å²) in [6, 6.07) is 16.5. The lowest BCUT2D eigenvalue weighted by atomic mass is 10.1. The lowest BCUT2D eigenvalue weighted by molar-refractivity contribution is 0.103. The molecule has 3 rings (SSSR count). The van der Waals surface area contributed by atoms with Crippen molar-refractivity contribution in [1.82, 2.24) is 0 Å². The first kappa shape index (κ1) is 55.4. The molecule has 2 N–H and O–H groups in total. The highest BCUT2D eigenvalue weighted by Gasteiger charge is 2.15. The molecule has 0 amide bonds. The maximum atomic E-state index is 13.6. The summed E-state index contributed by atoms with van der Waals surface area (Å²) < 4.78 is 30.4. The molecular formula is C57H86N2O7. The first-order valence-electron chi connectivity index (χ1n) is 25.9. The lowest BCUT2D eigenvalue weighted by Crippen LogP contribution is -2.06. The van der Waals surface area contributed by atoms with Crippen LogP contribution in [-0.4, -0.2) is 45.1 Å². The molecule has 0 aliphatic carbocycles. The van der Waals surface area contributed by atoms with Gasteiger partial charge in [-0.1, -0.05) is 156 Å². The SMILES string of the molecule is CCCCCCCCOc1ccc(C(=O)/C=C/Nc2cc(OCCCCCCCC)c(OCCCCCCCC)cc2N/C=C/C(=O)c2ccc(OCCCCCCCC)cc2OC)cc1. The number of allylic oxidation sites excluding steroid dienone is 2. The average Bonchev–Trinajstić information content (AvgIpc) is 3.33. The number of anilines is 2. The molecular weight excluding hydrogens is 825 g/mol. The molecule has 0 heterocycles. The van der Waals surface area contributed by atoms with Crippen LogP contribution in [0.4, 0.5) is 11.4 Å². The highest BCUT2D eigenvalue weighted by molar-refractivity contribution is 6.07. The van der Waals surface area contributed by atoms with Crippen molar-refractivity contribution in [2.45, 2.75) is 182 Å². The molecule has 0 atom stereocenters. The van der Waals surface area contributed by atoms with Crippen LogP contribution < -0.4 is 34.3 Å². The zero-order chi connectivity index (χ0) is 47.3. The molecule has 0 radical (unpaired) electrons. The number of hydrogen-bond donors (Lipinski definition) is 2. The van der Waals surface area contributed by atoms with E-state index in [1.165, 1.54) is 121 Å². The zero-order valence-electron chi connectivity index (χ0n) is 41.7. The molecule has 0 aliphatic rings. The summed E-state index contributed by atoms with van der Waals surface area (Å²) in [7, 11) is 1.56. The molecule has 0 aliphatic heterocycles. The molecule has 0 unspecified atom stereocenters. The van der Waals surface area contributed by atoms with Crippen molar-refractivity contribution in [3.63, 3.8) is 0 Å². The zero-order valence-corrected chi connectivity index (χ0v) is 41.7. The van der Waals surface area contributed by atoms with Crippen molar-refractivity contribution in [3.8, 4) is 28.7 Å². The molecule has 0 spiro atoms. The van der Waals surface area contributed by atoms with E-state index in [-0.39, 0.29) is 11.6 Å². The van der Waals surface area contributed by atoms with Crippen molar-refractivity contribution in [3.05, 3.63) is 90.3 Å². The second-order valence-electron chi connectivity index (χ2n) is 17.4. The van der Waals surface area contributed by atoms with Crippen LogP contribution in [0, 0.1) is 0 Å². The summed E-state index contributed by atoms with van der Waals surface area (Å²) in [5.74, 6) is 2.78. The number of carbonyl (C=O) groups is 2. The monoisotopic (exact) mass is 911 g/mol. The summed E-state index contributed by atoms with van der Waals surface area (Å²) >= 11 is 0. The fraction of sp³-hybridized carbons (Fsp3) is 0.579. The van der Waals surface area contributed by atoms with Crippen LogP contribution >= 0.6 is 0 Å². The van der Waals surface area contributed by atoms with Crippen LogP contribution in [0.2, 0.25) is 0 Å². The number of unbranched alkanes of at least 4 members (excludes halogenated alkanes) is 20. The Labute approximate surface area is 399 Å². The summed E-state index contributed by atoms with van der Waals surface area (Å²) in [5, 5.41) is 6.63. The van der Waals surface area contributed by atoms with Gasteiger partial charge in [-0.25, -0.2) is 0 Å². The van der Waals surface area contributed by atoms with E-state index < -0.39 is 0 Å². The Morgan fingerprint density at radius 2 is 0.803 bits per heavy atom. The minimum absolute atomic E-state index is 0.142. The van der Waals surface area contributed by atoms with Gasteiger partial charge in [-0.3, -0.25) is 9.59 Å². The van der Waals surface area contributed by atoms with E-state index in [0.29, 0.717) is 71.9 Å². The smallest absolute Gasteiger partial charge is 0.191 e. The first-order valence-corrected chi connectivity index (χ1v) is 25.9. The van der Waals surface area contributed by atoms with Crippen LogP contribution in [0.5, 0.6) is 28.7 Å². The predicted octanol–water partition coefficient (Wildman–Crippen LogP) is 16.3. The topological polar surface area (TPSA) is 104 Å². The Balaban J connectivity index is 1.78. The van der Waals surface area contributed by atoms with Gasteiger partial charge in [-0.05, 0) is 62.1 Å². The Morgan fingerprint density at radius 3 is 1.24 bits per heavy atom. The van der Waals surface area contributed by atoms with Crippen molar-refractivity contribution in [2.24, 2.45) is 0 Å². The largest absolute Gasteiger partial charge is 0.496 e. The molecule has 3 aromatic carbocycles. The molecule has 3 aromatic rings. The summed E-state index contributed by atoms with van der Waals surface area (Å²) in [5.41, 5.74) is 2.30. The second kappa shape index (κ2) is 36.2. The van der Waals surface area contributed by atoms with Crippen LogP contribution in [0.1, 0.15) is 203 Å². The molecule has 66 heavy (non-hydrogen) atoms. The number of nitrogens with one attached hydrogen (secondary N) is 2. The Bertz CT molecular complexity index is 1800. The van der Waals surface area contributed by atoms with Gasteiger partial charge in [0.1, 0.15) is 17.2 Å². The van der Waals surface area contributed by atoms with Gasteiger partial charge in [0.2, 0.25) is 0 Å². The number of benzene rings is 3. The summed E-state index contributed by atoms with van der Waals surface area (Å²) in [4.78, 5) is 26.9. The Morgan fingerprint density at radius 1 is 0.424 bits per heavy atom. The number of methoxy groups -OCH3 is 1. The maximum absolute atomic E-state index is 13.6. The Hall–Kier alpha value is -4.92. The van der Waals surface area contributed by atoms with Crippen molar-refractivity contribution in [2.75, 3.05) is 44.2 Å². The molecule has 0 fully saturated rings. The highest BCUT2D eigenvalue weighted by atomic mass is 16.5. The maximum Gasteiger partial charge on any atom is 0.191 e. The number of rotatable bonds is 41. The number of carbonyl (C=O) groups excluding carboxylic acids is 2. The standard InChI is InChI=1S/C57H86N2O7/c1-6-10-14-18-22-26-40-63-48-32-30-47(31-33-48)53(60)36-38-58-51-45-56(65-42-28-24-20-16-12-8-3)57(66-43-29-25-21-17-13-9-4)46-52(51)59-39-37-54(61)50-35-34-49(44-55(50)62-5)64-41-27-23-19-15-11-7-2/h30-39,44-46,58-59H,6-29,40-43H2,1-5H3/b38-36+,39-37+. The van der Waals surface area contributed by atoms with Gasteiger partial charge in [0.25, 0.3) is 0 Å². The van der Waals surface area contributed by atoms with Crippen LogP contribution in [0.3, 0.4) is 0 Å². The van der Waals surface area contributed by atoms with E-state index in [9.17, 15) is 9.59 Å². The van der Waals surface area contributed by atoms with E-state index in [1.807, 2.05) is 30.3 Å². The molecule has 0 saturated heterocycles. The molecule has 0 saturated carbocycles. The number of ketones is 2. The first-order chi connectivity index (χ1) is 32.4. The van der Waals surface area contributed by atoms with Crippen molar-refractivity contribution in [1.29, 1.82) is 0 Å². The number of hydrogen-bond acceptors (Lipinski definition) is 9. The second-order valence-corrected chi connectivity index (χ2v) is 17.4. The molecule has 9 heteroatoms. The third-order valence-electron chi connectivity index (χ3n) is 11.7. The third-order valence-corrected chi connectivity index (χ3v) is 11.7. The van der Waals surface area contributed by atoms with E-state index in [0.717, 1.165) is 50.7 Å². The predicted molar refractivity (Wildman–Crippen MR) is 276 cm³/mol. The van der Waals surface area contributed by atoms with Gasteiger partial charge >= 0.3 is 0 Å². The highest BCUT2D eigenvalue weighted by Crippen LogP contribution is 2.38. The Kier molecular flexibility index (Phi) is 30.4. The van der Waals surface area contributed by atoms with E-state index in [1.54, 1.807) is 43.8 Å². The van der Waals surface area contributed by atoms with Gasteiger partial charge in [0.05, 0.1) is 50.5 Å². The van der Waals surface area contributed by atoms with Crippen molar-refractivity contribution >= 4 is 22.9 Å². The molecule has 0 bridgehead atoms. The van der Waals surface area contributed by atoms with E-state index >= 15 is 0 Å². The van der Waals surface area contributed by atoms with E-state index in [4.69, 9.17) is 23.7 Å². The van der Waals surface area contributed by atoms with E-state index in [2.05, 4.69) is 38.3 Å². The normalized spacial score (nSPS) is 11.3. The van der Waals surface area contributed by atoms with Gasteiger partial charge < -0.3 is 34.3 Å². The van der Waals surface area contributed by atoms with Crippen LogP contribution in [0.15, 0.2) is 79.1 Å². The van der Waals surface area contributed by atoms with Gasteiger partial charge in [0, 0.05) is 48.3 Å². The molecule has 9 nitrogen and oxygen atoms in total. The molecule has 366 valence electrons.